The summed E-state index contributed by atoms with van der Waals surface area (Å²) in [5.41, 5.74) is 9.49. The number of fused-ring (bicyclic) bond motifs is 1. The second kappa shape index (κ2) is 10.9. The van der Waals surface area contributed by atoms with E-state index in [0.29, 0.717) is 36.0 Å². The zero-order valence-corrected chi connectivity index (χ0v) is 21.4. The highest BCUT2D eigenvalue weighted by Crippen LogP contribution is 2.34. The topological polar surface area (TPSA) is 155 Å². The lowest BCUT2D eigenvalue weighted by molar-refractivity contribution is -0.0511. The molecule has 4 aromatic rings. The second-order valence-corrected chi connectivity index (χ2v) is 10.2. The number of imidazole rings is 1. The number of nitrogens with one attached hydrogen (secondary N) is 1. The molecule has 11 heteroatoms. The van der Waals surface area contributed by atoms with E-state index in [4.69, 9.17) is 20.4 Å². The molecule has 0 spiro atoms. The molecule has 2 fully saturated rings. The summed E-state index contributed by atoms with van der Waals surface area (Å²) in [5, 5.41) is 34.1. The summed E-state index contributed by atoms with van der Waals surface area (Å²) in [6, 6.07) is 20.6. The third kappa shape index (κ3) is 4.95. The molecule has 0 amide bonds. The lowest BCUT2D eigenvalue weighted by Crippen LogP contribution is -2.33. The van der Waals surface area contributed by atoms with Crippen LogP contribution < -0.4 is 16.0 Å². The quantitative estimate of drug-likeness (QED) is 0.224. The van der Waals surface area contributed by atoms with Crippen LogP contribution in [0.15, 0.2) is 67.0 Å². The highest BCUT2D eigenvalue weighted by Gasteiger charge is 2.44. The van der Waals surface area contributed by atoms with Gasteiger partial charge in [0.25, 0.3) is 0 Å². The zero-order valence-electron chi connectivity index (χ0n) is 21.4. The predicted molar refractivity (Wildman–Crippen MR) is 146 cm³/mol. The molecule has 2 saturated heterocycles. The first-order chi connectivity index (χ1) is 19.0. The average molecular weight is 532 g/mol. The van der Waals surface area contributed by atoms with Crippen molar-refractivity contribution in [3.05, 3.63) is 78.1 Å². The first-order valence-electron chi connectivity index (χ1n) is 13.2. The first-order valence-corrected chi connectivity index (χ1v) is 13.2. The van der Waals surface area contributed by atoms with Crippen LogP contribution in [-0.2, 0) is 4.74 Å². The SMILES string of the molecule is N[C@@H]1CCN(c2nc(NCC(c3ccccc3)c3ccccc3)c3ncn([C@@H]4O[C@H](CO)[C@@H](O)[C@H]4O)c3n2)C1. The number of benzene rings is 2. The Labute approximate surface area is 225 Å². The molecule has 5 atom stereocenters. The van der Waals surface area contributed by atoms with Gasteiger partial charge in [-0.3, -0.25) is 4.57 Å². The lowest BCUT2D eigenvalue weighted by Gasteiger charge is -2.21. The van der Waals surface area contributed by atoms with Crippen LogP contribution >= 0.6 is 0 Å². The van der Waals surface area contributed by atoms with Crippen molar-refractivity contribution in [3.63, 3.8) is 0 Å². The number of aliphatic hydroxyl groups excluding tert-OH is 3. The van der Waals surface area contributed by atoms with Gasteiger partial charge in [0.2, 0.25) is 5.95 Å². The number of anilines is 2. The zero-order chi connectivity index (χ0) is 26.9. The van der Waals surface area contributed by atoms with E-state index in [-0.39, 0.29) is 12.0 Å². The minimum Gasteiger partial charge on any atom is -0.394 e. The highest BCUT2D eigenvalue weighted by molar-refractivity contribution is 5.84. The van der Waals surface area contributed by atoms with Crippen LogP contribution in [0.4, 0.5) is 11.8 Å². The van der Waals surface area contributed by atoms with Crippen LogP contribution in [0.2, 0.25) is 0 Å². The monoisotopic (exact) mass is 531 g/mol. The normalized spacial score (nSPS) is 25.2. The van der Waals surface area contributed by atoms with Gasteiger partial charge in [-0.15, -0.1) is 0 Å². The molecule has 2 aromatic carbocycles. The van der Waals surface area contributed by atoms with Crippen LogP contribution in [0.1, 0.15) is 29.7 Å². The van der Waals surface area contributed by atoms with Gasteiger partial charge in [0, 0.05) is 31.6 Å². The molecule has 0 bridgehead atoms. The smallest absolute Gasteiger partial charge is 0.229 e. The molecule has 0 saturated carbocycles. The summed E-state index contributed by atoms with van der Waals surface area (Å²) >= 11 is 0. The Kier molecular flexibility index (Phi) is 7.15. The molecule has 2 aliphatic heterocycles. The van der Waals surface area contributed by atoms with Crippen molar-refractivity contribution in [2.45, 2.75) is 42.9 Å². The van der Waals surface area contributed by atoms with Gasteiger partial charge >= 0.3 is 0 Å². The minimum atomic E-state index is -1.25. The summed E-state index contributed by atoms with van der Waals surface area (Å²) in [6.07, 6.45) is -1.99. The fourth-order valence-electron chi connectivity index (χ4n) is 5.43. The summed E-state index contributed by atoms with van der Waals surface area (Å²) in [6.45, 7) is 1.49. The fourth-order valence-corrected chi connectivity index (χ4v) is 5.43. The van der Waals surface area contributed by atoms with E-state index in [0.717, 1.165) is 13.0 Å². The number of hydrogen-bond donors (Lipinski definition) is 5. The third-order valence-corrected chi connectivity index (χ3v) is 7.59. The van der Waals surface area contributed by atoms with Crippen molar-refractivity contribution in [2.24, 2.45) is 5.73 Å². The predicted octanol–water partition coefficient (Wildman–Crippen LogP) is 1.22. The Balaban J connectivity index is 1.38. The van der Waals surface area contributed by atoms with Gasteiger partial charge in [-0.05, 0) is 17.5 Å². The maximum Gasteiger partial charge on any atom is 0.229 e. The average Bonchev–Trinajstić information content (AvgIpc) is 3.67. The molecule has 0 unspecified atom stereocenters. The Hall–Kier alpha value is -3.61. The minimum absolute atomic E-state index is 0.0339. The maximum absolute atomic E-state index is 10.7. The molecular weight excluding hydrogens is 498 g/mol. The summed E-state index contributed by atoms with van der Waals surface area (Å²) < 4.78 is 7.38. The molecule has 0 aliphatic carbocycles. The molecule has 4 heterocycles. The first kappa shape index (κ1) is 25.7. The van der Waals surface area contributed by atoms with E-state index >= 15 is 0 Å². The van der Waals surface area contributed by atoms with Crippen molar-refractivity contribution in [1.29, 1.82) is 0 Å². The van der Waals surface area contributed by atoms with Gasteiger partial charge in [0.05, 0.1) is 12.9 Å². The van der Waals surface area contributed by atoms with Crippen LogP contribution in [-0.4, -0.2) is 85.4 Å². The molecule has 39 heavy (non-hydrogen) atoms. The van der Waals surface area contributed by atoms with Crippen molar-refractivity contribution in [2.75, 3.05) is 36.5 Å². The standard InChI is InChI=1S/C28H33N7O4/c29-19-11-12-34(14-19)28-32-25(30-13-20(17-7-3-1-4-8-17)18-9-5-2-6-10-18)22-26(33-28)35(16-31-22)27-24(38)23(37)21(15-36)39-27/h1-10,16,19-21,23-24,27,36-38H,11-15,29H2,(H,30,32,33)/t19-,21-,23-,24-,27-/m1/s1. The van der Waals surface area contributed by atoms with Crippen LogP contribution in [0.3, 0.4) is 0 Å². The van der Waals surface area contributed by atoms with Crippen molar-refractivity contribution >= 4 is 22.9 Å². The van der Waals surface area contributed by atoms with Crippen LogP contribution in [0, 0.1) is 0 Å². The van der Waals surface area contributed by atoms with Gasteiger partial charge in [0.1, 0.15) is 18.3 Å². The Morgan fingerprint density at radius 1 is 1.00 bits per heavy atom. The largest absolute Gasteiger partial charge is 0.394 e. The van der Waals surface area contributed by atoms with E-state index < -0.39 is 31.1 Å². The van der Waals surface area contributed by atoms with E-state index in [1.807, 2.05) is 41.3 Å². The molecule has 2 aromatic heterocycles. The lowest BCUT2D eigenvalue weighted by atomic mass is 9.91. The Bertz CT molecular complexity index is 1360. The van der Waals surface area contributed by atoms with E-state index in [9.17, 15) is 15.3 Å². The van der Waals surface area contributed by atoms with E-state index in [1.54, 1.807) is 4.57 Å². The van der Waals surface area contributed by atoms with Gasteiger partial charge < -0.3 is 36.0 Å². The van der Waals surface area contributed by atoms with Crippen molar-refractivity contribution in [1.82, 2.24) is 19.5 Å². The number of nitrogens with two attached hydrogens (primary N) is 1. The number of ether oxygens (including phenoxy) is 1. The molecular formula is C28H33N7O4. The second-order valence-electron chi connectivity index (χ2n) is 10.2. The molecule has 2 aliphatic rings. The van der Waals surface area contributed by atoms with Crippen LogP contribution in [0.25, 0.3) is 11.2 Å². The molecule has 6 N–H and O–H groups in total. The molecule has 0 radical (unpaired) electrons. The summed E-state index contributed by atoms with van der Waals surface area (Å²) in [5.74, 6) is 1.11. The molecule has 11 nitrogen and oxygen atoms in total. The van der Waals surface area contributed by atoms with Crippen molar-refractivity contribution < 1.29 is 20.1 Å². The molecule has 204 valence electrons. The van der Waals surface area contributed by atoms with Gasteiger partial charge in [-0.2, -0.15) is 9.97 Å². The van der Waals surface area contributed by atoms with E-state index in [1.165, 1.54) is 17.5 Å². The van der Waals surface area contributed by atoms with Gasteiger partial charge in [-0.25, -0.2) is 4.98 Å². The summed E-state index contributed by atoms with van der Waals surface area (Å²) in [7, 11) is 0. The number of rotatable bonds is 8. The van der Waals surface area contributed by atoms with Crippen molar-refractivity contribution in [3.8, 4) is 0 Å². The number of hydrogen-bond acceptors (Lipinski definition) is 10. The summed E-state index contributed by atoms with van der Waals surface area (Å²) in [4.78, 5) is 16.3. The number of aromatic nitrogens is 4. The Morgan fingerprint density at radius 3 is 2.28 bits per heavy atom. The third-order valence-electron chi connectivity index (χ3n) is 7.59. The Morgan fingerprint density at radius 2 is 1.69 bits per heavy atom. The fraction of sp³-hybridized carbons (Fsp3) is 0.393. The molecule has 6 rings (SSSR count). The van der Waals surface area contributed by atoms with Gasteiger partial charge in [0.15, 0.2) is 23.2 Å². The number of nitrogens with zero attached hydrogens (tertiary/aromatic N) is 5. The van der Waals surface area contributed by atoms with Gasteiger partial charge in [-0.1, -0.05) is 60.7 Å². The highest BCUT2D eigenvalue weighted by atomic mass is 16.6. The maximum atomic E-state index is 10.7. The van der Waals surface area contributed by atoms with Crippen LogP contribution in [0.5, 0.6) is 0 Å². The number of aliphatic hydroxyl groups is 3. The van der Waals surface area contributed by atoms with E-state index in [2.05, 4.69) is 34.6 Å².